The maximum atomic E-state index is 12.8. The van der Waals surface area contributed by atoms with Crippen molar-refractivity contribution in [2.45, 2.75) is 37.6 Å². The van der Waals surface area contributed by atoms with Crippen molar-refractivity contribution < 1.29 is 31.8 Å². The van der Waals surface area contributed by atoms with Gasteiger partial charge in [-0.15, -0.1) is 0 Å². The Labute approximate surface area is 178 Å². The second kappa shape index (κ2) is 7.31. The van der Waals surface area contributed by atoms with E-state index in [0.29, 0.717) is 5.56 Å². The minimum Gasteiger partial charge on any atom is -0.379 e. The summed E-state index contributed by atoms with van der Waals surface area (Å²) in [5, 5.41) is 2.12. The molecule has 1 fully saturated rings. The number of fused-ring (bicyclic) bond motifs is 1. The Kier molecular flexibility index (Phi) is 4.89. The first-order chi connectivity index (χ1) is 14.6. The summed E-state index contributed by atoms with van der Waals surface area (Å²) >= 11 is 0. The van der Waals surface area contributed by atoms with Gasteiger partial charge in [-0.2, -0.15) is 8.42 Å². The monoisotopic (exact) mass is 442 g/mol. The van der Waals surface area contributed by atoms with Crippen molar-refractivity contribution in [2.24, 2.45) is 0 Å². The van der Waals surface area contributed by atoms with Gasteiger partial charge in [0.25, 0.3) is 11.8 Å². The van der Waals surface area contributed by atoms with E-state index in [1.165, 1.54) is 24.3 Å². The summed E-state index contributed by atoms with van der Waals surface area (Å²) in [5.74, 6) is -2.75. The van der Waals surface area contributed by atoms with Crippen LogP contribution in [0.5, 0.6) is 5.75 Å². The molecule has 4 rings (SSSR count). The summed E-state index contributed by atoms with van der Waals surface area (Å²) in [6.07, 6.45) is 0.0346. The van der Waals surface area contributed by atoms with Crippen molar-refractivity contribution in [3.05, 3.63) is 58.7 Å². The van der Waals surface area contributed by atoms with Crippen LogP contribution in [-0.4, -0.2) is 43.0 Å². The molecule has 2 heterocycles. The molecule has 1 saturated heterocycles. The Balaban J connectivity index is 1.63. The van der Waals surface area contributed by atoms with Gasteiger partial charge in [0.15, 0.2) is 0 Å². The first-order valence-electron chi connectivity index (χ1n) is 9.46. The number of imide groups is 2. The standard InChI is InChI=1S/C21H18N2O7S/c1-11-3-7-17(12(2)9-11)31(28,29)30-13-4-5-14-15(10-13)21(27)23(20(14)26)16-6-8-18(24)22-19(16)25/h3-5,7,9-10,16H,6,8H2,1-2H3,(H,22,24,25). The van der Waals surface area contributed by atoms with E-state index in [9.17, 15) is 27.6 Å². The zero-order valence-corrected chi connectivity index (χ0v) is 17.5. The van der Waals surface area contributed by atoms with Crippen LogP contribution in [0.25, 0.3) is 0 Å². The van der Waals surface area contributed by atoms with Gasteiger partial charge in [-0.05, 0) is 50.1 Å². The topological polar surface area (TPSA) is 127 Å². The van der Waals surface area contributed by atoms with Crippen LogP contribution >= 0.6 is 0 Å². The first kappa shape index (κ1) is 20.7. The minimum atomic E-state index is -4.17. The number of amides is 4. The van der Waals surface area contributed by atoms with Gasteiger partial charge in [0.1, 0.15) is 16.7 Å². The van der Waals surface area contributed by atoms with Crippen LogP contribution in [-0.2, 0) is 19.7 Å². The molecule has 0 spiro atoms. The highest BCUT2D eigenvalue weighted by Gasteiger charge is 2.44. The molecule has 1 atom stereocenters. The number of nitrogens with zero attached hydrogens (tertiary/aromatic N) is 1. The average Bonchev–Trinajstić information content (AvgIpc) is 2.92. The van der Waals surface area contributed by atoms with E-state index in [4.69, 9.17) is 4.18 Å². The third-order valence-electron chi connectivity index (χ3n) is 5.22. The van der Waals surface area contributed by atoms with E-state index in [2.05, 4.69) is 5.32 Å². The van der Waals surface area contributed by atoms with Crippen molar-refractivity contribution in [1.82, 2.24) is 10.2 Å². The Hall–Kier alpha value is -3.53. The number of piperidine rings is 1. The largest absolute Gasteiger partial charge is 0.379 e. The van der Waals surface area contributed by atoms with E-state index in [1.807, 2.05) is 6.92 Å². The molecule has 9 nitrogen and oxygen atoms in total. The summed E-state index contributed by atoms with van der Waals surface area (Å²) in [5.41, 5.74) is 1.37. The van der Waals surface area contributed by atoms with Crippen LogP contribution in [0.1, 0.15) is 44.7 Å². The first-order valence-corrected chi connectivity index (χ1v) is 10.9. The predicted molar refractivity (Wildman–Crippen MR) is 107 cm³/mol. The molecule has 0 bridgehead atoms. The fourth-order valence-electron chi connectivity index (χ4n) is 3.75. The molecule has 31 heavy (non-hydrogen) atoms. The van der Waals surface area contributed by atoms with Crippen LogP contribution in [0.4, 0.5) is 0 Å². The van der Waals surface area contributed by atoms with Crippen molar-refractivity contribution in [1.29, 1.82) is 0 Å². The van der Waals surface area contributed by atoms with Crippen LogP contribution in [0.15, 0.2) is 41.3 Å². The number of hydrogen-bond donors (Lipinski definition) is 1. The fraction of sp³-hybridized carbons (Fsp3) is 0.238. The average molecular weight is 442 g/mol. The number of aryl methyl sites for hydroxylation is 2. The highest BCUT2D eigenvalue weighted by molar-refractivity contribution is 7.87. The molecule has 0 aromatic heterocycles. The van der Waals surface area contributed by atoms with Crippen LogP contribution in [0.3, 0.4) is 0 Å². The molecule has 160 valence electrons. The summed E-state index contributed by atoms with van der Waals surface area (Å²) in [6.45, 7) is 3.48. The van der Waals surface area contributed by atoms with Crippen molar-refractivity contribution in [3.63, 3.8) is 0 Å². The van der Waals surface area contributed by atoms with Crippen molar-refractivity contribution >= 4 is 33.7 Å². The summed E-state index contributed by atoms with van der Waals surface area (Å²) in [4.78, 5) is 49.8. The third-order valence-corrected chi connectivity index (χ3v) is 6.63. The molecule has 1 unspecified atom stereocenters. The molecular formula is C21H18N2O7S. The quantitative estimate of drug-likeness (QED) is 0.561. The number of carbonyl (C=O) groups is 4. The van der Waals surface area contributed by atoms with Gasteiger partial charge in [-0.3, -0.25) is 29.4 Å². The Morgan fingerprint density at radius 2 is 1.68 bits per heavy atom. The minimum absolute atomic E-state index is 0.00627. The lowest BCUT2D eigenvalue weighted by molar-refractivity contribution is -0.136. The molecule has 2 aromatic rings. The molecular weight excluding hydrogens is 424 g/mol. The van der Waals surface area contributed by atoms with Gasteiger partial charge in [0.05, 0.1) is 11.1 Å². The van der Waals surface area contributed by atoms with Gasteiger partial charge in [0, 0.05) is 6.42 Å². The number of rotatable bonds is 4. The van der Waals surface area contributed by atoms with E-state index in [-0.39, 0.29) is 34.6 Å². The van der Waals surface area contributed by atoms with Gasteiger partial charge in [-0.25, -0.2) is 0 Å². The third kappa shape index (κ3) is 3.59. The molecule has 2 aliphatic heterocycles. The fourth-order valence-corrected chi connectivity index (χ4v) is 4.89. The molecule has 0 saturated carbocycles. The van der Waals surface area contributed by atoms with E-state index in [1.54, 1.807) is 19.1 Å². The van der Waals surface area contributed by atoms with Gasteiger partial charge in [-0.1, -0.05) is 17.7 Å². The molecule has 10 heteroatoms. The second-order valence-electron chi connectivity index (χ2n) is 7.46. The lowest BCUT2D eigenvalue weighted by Gasteiger charge is -2.27. The SMILES string of the molecule is Cc1ccc(S(=O)(=O)Oc2ccc3c(c2)C(=O)N(C2CCC(=O)NC2=O)C3=O)c(C)c1. The summed E-state index contributed by atoms with van der Waals surface area (Å²) < 4.78 is 30.6. The molecule has 0 aliphatic carbocycles. The molecule has 2 aliphatic rings. The number of hydrogen-bond acceptors (Lipinski definition) is 7. The Morgan fingerprint density at radius 3 is 2.35 bits per heavy atom. The van der Waals surface area contributed by atoms with Crippen molar-refractivity contribution in [2.75, 3.05) is 0 Å². The molecule has 2 aromatic carbocycles. The summed E-state index contributed by atoms with van der Waals surface area (Å²) in [6, 6.07) is 7.42. The van der Waals surface area contributed by atoms with Gasteiger partial charge >= 0.3 is 10.1 Å². The predicted octanol–water partition coefficient (Wildman–Crippen LogP) is 1.47. The molecule has 4 amide bonds. The maximum Gasteiger partial charge on any atom is 0.339 e. The van der Waals surface area contributed by atoms with E-state index in [0.717, 1.165) is 10.5 Å². The second-order valence-corrected chi connectivity index (χ2v) is 8.98. The Bertz CT molecular complexity index is 1270. The smallest absolute Gasteiger partial charge is 0.339 e. The lowest BCUT2D eigenvalue weighted by Crippen LogP contribution is -2.54. The Morgan fingerprint density at radius 1 is 0.968 bits per heavy atom. The summed E-state index contributed by atoms with van der Waals surface area (Å²) in [7, 11) is -4.17. The lowest BCUT2D eigenvalue weighted by atomic mass is 10.0. The highest BCUT2D eigenvalue weighted by Crippen LogP contribution is 2.31. The zero-order valence-electron chi connectivity index (χ0n) is 16.7. The van der Waals surface area contributed by atoms with E-state index < -0.39 is 39.8 Å². The number of benzene rings is 2. The molecule has 1 N–H and O–H groups in total. The van der Waals surface area contributed by atoms with Gasteiger partial charge < -0.3 is 4.18 Å². The maximum absolute atomic E-state index is 12.8. The number of carbonyl (C=O) groups excluding carboxylic acids is 4. The highest BCUT2D eigenvalue weighted by atomic mass is 32.2. The zero-order chi connectivity index (χ0) is 22.5. The molecule has 0 radical (unpaired) electrons. The van der Waals surface area contributed by atoms with Crippen LogP contribution in [0.2, 0.25) is 0 Å². The normalized spacial score (nSPS) is 18.8. The van der Waals surface area contributed by atoms with Crippen LogP contribution < -0.4 is 9.50 Å². The van der Waals surface area contributed by atoms with Crippen LogP contribution in [0, 0.1) is 13.8 Å². The number of nitrogens with one attached hydrogen (secondary N) is 1. The van der Waals surface area contributed by atoms with Gasteiger partial charge in [0.2, 0.25) is 11.8 Å². The van der Waals surface area contributed by atoms with Crippen molar-refractivity contribution in [3.8, 4) is 5.75 Å². The van der Waals surface area contributed by atoms with E-state index >= 15 is 0 Å².